The van der Waals surface area contributed by atoms with E-state index in [1.165, 1.54) is 5.56 Å². The van der Waals surface area contributed by atoms with Gasteiger partial charge in [-0.3, -0.25) is 14.7 Å². The van der Waals surface area contributed by atoms with Gasteiger partial charge in [-0.05, 0) is 30.7 Å². The van der Waals surface area contributed by atoms with Crippen LogP contribution in [0, 0.1) is 5.92 Å². The van der Waals surface area contributed by atoms with Gasteiger partial charge in [-0.15, -0.1) is 0 Å². The minimum Gasteiger partial charge on any atom is -0.481 e. The van der Waals surface area contributed by atoms with Crippen LogP contribution >= 0.6 is 0 Å². The second-order valence-electron chi connectivity index (χ2n) is 4.78. The first kappa shape index (κ1) is 14.0. The van der Waals surface area contributed by atoms with E-state index in [0.717, 1.165) is 19.5 Å². The Hall–Kier alpha value is -1.46. The van der Waals surface area contributed by atoms with Crippen molar-refractivity contribution in [3.05, 3.63) is 30.1 Å². The van der Waals surface area contributed by atoms with Crippen molar-refractivity contribution in [2.75, 3.05) is 26.3 Å². The van der Waals surface area contributed by atoms with Crippen molar-refractivity contribution in [2.45, 2.75) is 19.4 Å². The van der Waals surface area contributed by atoms with E-state index in [0.29, 0.717) is 13.2 Å². The third kappa shape index (κ3) is 3.52. The van der Waals surface area contributed by atoms with E-state index in [2.05, 4.69) is 16.8 Å². The first-order valence-electron chi connectivity index (χ1n) is 6.66. The fourth-order valence-corrected chi connectivity index (χ4v) is 2.52. The molecular formula is C14H20N2O3. The molecule has 2 rings (SSSR count). The molecule has 1 saturated heterocycles. The standard InChI is InChI=1S/C14H20N2O3/c1-2-16(8-5-11-3-6-15-7-4-11)13-10-19-9-12(13)14(17)18/h3-4,6-7,12-13H,2,5,8-10H2,1H3,(H,17,18). The number of rotatable bonds is 6. The molecule has 0 saturated carbocycles. The Labute approximate surface area is 113 Å². The maximum Gasteiger partial charge on any atom is 0.310 e. The molecule has 0 aliphatic carbocycles. The van der Waals surface area contributed by atoms with Crippen LogP contribution in [0.25, 0.3) is 0 Å². The maximum atomic E-state index is 11.2. The highest BCUT2D eigenvalue weighted by atomic mass is 16.5. The van der Waals surface area contributed by atoms with Gasteiger partial charge in [0, 0.05) is 25.0 Å². The number of ether oxygens (including phenoxy) is 1. The summed E-state index contributed by atoms with van der Waals surface area (Å²) in [7, 11) is 0. The molecule has 1 aromatic rings. The number of likely N-dealkylation sites (N-methyl/N-ethyl adjacent to an activating group) is 1. The Bertz CT molecular complexity index is 410. The summed E-state index contributed by atoms with van der Waals surface area (Å²) in [5.74, 6) is -1.16. The Morgan fingerprint density at radius 2 is 2.21 bits per heavy atom. The van der Waals surface area contributed by atoms with Crippen molar-refractivity contribution in [3.8, 4) is 0 Å². The summed E-state index contributed by atoms with van der Waals surface area (Å²) in [6.45, 7) is 4.58. The van der Waals surface area contributed by atoms with Crippen molar-refractivity contribution in [1.29, 1.82) is 0 Å². The number of hydrogen-bond acceptors (Lipinski definition) is 4. The lowest BCUT2D eigenvalue weighted by Gasteiger charge is -2.29. The van der Waals surface area contributed by atoms with Gasteiger partial charge < -0.3 is 9.84 Å². The molecule has 0 spiro atoms. The molecule has 0 aromatic carbocycles. The summed E-state index contributed by atoms with van der Waals surface area (Å²) in [4.78, 5) is 17.4. The zero-order chi connectivity index (χ0) is 13.7. The molecule has 104 valence electrons. The summed E-state index contributed by atoms with van der Waals surface area (Å²) in [6.07, 6.45) is 4.47. The highest BCUT2D eigenvalue weighted by Crippen LogP contribution is 2.20. The Morgan fingerprint density at radius 1 is 1.47 bits per heavy atom. The number of carboxylic acids is 1. The first-order chi connectivity index (χ1) is 9.22. The lowest BCUT2D eigenvalue weighted by molar-refractivity contribution is -0.143. The molecule has 0 radical (unpaired) electrons. The molecule has 1 aromatic heterocycles. The molecule has 5 nitrogen and oxygen atoms in total. The number of pyridine rings is 1. The van der Waals surface area contributed by atoms with Crippen molar-refractivity contribution in [3.63, 3.8) is 0 Å². The Balaban J connectivity index is 1.94. The Kier molecular flexibility index (Phi) is 4.87. The summed E-state index contributed by atoms with van der Waals surface area (Å²) in [5.41, 5.74) is 1.22. The minimum atomic E-state index is -0.759. The number of carbonyl (C=O) groups is 1. The zero-order valence-electron chi connectivity index (χ0n) is 11.2. The van der Waals surface area contributed by atoms with Crippen LogP contribution in [0.2, 0.25) is 0 Å². The van der Waals surface area contributed by atoms with Crippen LogP contribution < -0.4 is 0 Å². The lowest BCUT2D eigenvalue weighted by atomic mass is 10.0. The highest BCUT2D eigenvalue weighted by Gasteiger charge is 2.37. The second-order valence-corrected chi connectivity index (χ2v) is 4.78. The van der Waals surface area contributed by atoms with Crippen LogP contribution in [0.3, 0.4) is 0 Å². The fraction of sp³-hybridized carbons (Fsp3) is 0.571. The van der Waals surface area contributed by atoms with Crippen LogP contribution in [0.5, 0.6) is 0 Å². The van der Waals surface area contributed by atoms with Gasteiger partial charge >= 0.3 is 5.97 Å². The van der Waals surface area contributed by atoms with E-state index in [9.17, 15) is 9.90 Å². The highest BCUT2D eigenvalue weighted by molar-refractivity contribution is 5.71. The molecule has 1 aliphatic rings. The molecule has 5 heteroatoms. The first-order valence-corrected chi connectivity index (χ1v) is 6.66. The van der Waals surface area contributed by atoms with Crippen molar-refractivity contribution in [2.24, 2.45) is 5.92 Å². The predicted molar refractivity (Wildman–Crippen MR) is 70.9 cm³/mol. The number of aromatic nitrogens is 1. The summed E-state index contributed by atoms with van der Waals surface area (Å²) in [6, 6.07) is 3.98. The molecule has 19 heavy (non-hydrogen) atoms. The molecule has 2 heterocycles. The Morgan fingerprint density at radius 3 is 2.84 bits per heavy atom. The van der Waals surface area contributed by atoms with Gasteiger partial charge in [0.05, 0.1) is 19.1 Å². The lowest BCUT2D eigenvalue weighted by Crippen LogP contribution is -2.44. The number of hydrogen-bond donors (Lipinski definition) is 1. The second kappa shape index (κ2) is 6.63. The van der Waals surface area contributed by atoms with E-state index in [4.69, 9.17) is 4.74 Å². The van der Waals surface area contributed by atoms with Crippen LogP contribution in [0.4, 0.5) is 0 Å². The largest absolute Gasteiger partial charge is 0.481 e. The van der Waals surface area contributed by atoms with Crippen molar-refractivity contribution < 1.29 is 14.6 Å². The van der Waals surface area contributed by atoms with Gasteiger partial charge in [-0.1, -0.05) is 6.92 Å². The third-order valence-electron chi connectivity index (χ3n) is 3.68. The smallest absolute Gasteiger partial charge is 0.310 e. The molecule has 1 N–H and O–H groups in total. The third-order valence-corrected chi connectivity index (χ3v) is 3.68. The van der Waals surface area contributed by atoms with E-state index in [1.807, 2.05) is 12.1 Å². The van der Waals surface area contributed by atoms with Gasteiger partial charge in [-0.25, -0.2) is 0 Å². The number of nitrogens with zero attached hydrogens (tertiary/aromatic N) is 2. The number of carboxylic acid groups (broad SMARTS) is 1. The van der Waals surface area contributed by atoms with Gasteiger partial charge in [-0.2, -0.15) is 0 Å². The predicted octanol–water partition coefficient (Wildman–Crippen LogP) is 1.05. The molecule has 1 fully saturated rings. The van der Waals surface area contributed by atoms with Crippen LogP contribution in [0.1, 0.15) is 12.5 Å². The van der Waals surface area contributed by atoms with Crippen molar-refractivity contribution >= 4 is 5.97 Å². The van der Waals surface area contributed by atoms with Crippen LogP contribution in [-0.2, 0) is 16.0 Å². The normalized spacial score (nSPS) is 22.8. The van der Waals surface area contributed by atoms with Crippen LogP contribution in [0.15, 0.2) is 24.5 Å². The molecule has 1 aliphatic heterocycles. The van der Waals surface area contributed by atoms with Crippen molar-refractivity contribution in [1.82, 2.24) is 9.88 Å². The van der Waals surface area contributed by atoms with Gasteiger partial charge in [0.15, 0.2) is 0 Å². The molecular weight excluding hydrogens is 244 g/mol. The van der Waals surface area contributed by atoms with E-state index in [-0.39, 0.29) is 6.04 Å². The average molecular weight is 264 g/mol. The average Bonchev–Trinajstić information content (AvgIpc) is 2.90. The summed E-state index contributed by atoms with van der Waals surface area (Å²) < 4.78 is 5.33. The summed E-state index contributed by atoms with van der Waals surface area (Å²) >= 11 is 0. The van der Waals surface area contributed by atoms with Gasteiger partial charge in [0.1, 0.15) is 0 Å². The summed E-state index contributed by atoms with van der Waals surface area (Å²) in [5, 5.41) is 9.20. The maximum absolute atomic E-state index is 11.2. The van der Waals surface area contributed by atoms with E-state index >= 15 is 0 Å². The fourth-order valence-electron chi connectivity index (χ4n) is 2.52. The molecule has 0 bridgehead atoms. The van der Waals surface area contributed by atoms with Crippen LogP contribution in [-0.4, -0.2) is 53.3 Å². The zero-order valence-corrected chi connectivity index (χ0v) is 11.2. The number of aliphatic carboxylic acids is 1. The van der Waals surface area contributed by atoms with Gasteiger partial charge in [0.2, 0.25) is 0 Å². The quantitative estimate of drug-likeness (QED) is 0.832. The van der Waals surface area contributed by atoms with E-state index < -0.39 is 11.9 Å². The van der Waals surface area contributed by atoms with Gasteiger partial charge in [0.25, 0.3) is 0 Å². The minimum absolute atomic E-state index is 0.00987. The molecule has 0 amide bonds. The monoisotopic (exact) mass is 264 g/mol. The molecule has 2 unspecified atom stereocenters. The van der Waals surface area contributed by atoms with E-state index in [1.54, 1.807) is 12.4 Å². The SMILES string of the molecule is CCN(CCc1ccncc1)C1COCC1C(=O)O. The molecule has 2 atom stereocenters. The topological polar surface area (TPSA) is 62.7 Å².